The molecule has 6 heteroatoms. The number of nitrogens with one attached hydrogen (secondary N) is 1. The van der Waals surface area contributed by atoms with Crippen molar-refractivity contribution in [2.45, 2.75) is 33.1 Å². The van der Waals surface area contributed by atoms with Gasteiger partial charge < -0.3 is 10.1 Å². The van der Waals surface area contributed by atoms with Crippen LogP contribution in [-0.2, 0) is 16.6 Å². The number of anilines is 1. The van der Waals surface area contributed by atoms with Crippen molar-refractivity contribution < 1.29 is 9.53 Å². The van der Waals surface area contributed by atoms with E-state index < -0.39 is 0 Å². The third-order valence-corrected chi connectivity index (χ3v) is 3.13. The first-order valence-electron chi connectivity index (χ1n) is 7.30. The van der Waals surface area contributed by atoms with E-state index in [2.05, 4.69) is 22.3 Å². The fourth-order valence-electron chi connectivity index (χ4n) is 2.13. The van der Waals surface area contributed by atoms with Gasteiger partial charge in [-0.15, -0.1) is 0 Å². The number of ether oxygens (including phenoxy) is 1. The Morgan fingerprint density at radius 1 is 1.48 bits per heavy atom. The lowest BCUT2D eigenvalue weighted by Crippen LogP contribution is -2.14. The van der Waals surface area contributed by atoms with Gasteiger partial charge in [-0.25, -0.2) is 4.98 Å². The van der Waals surface area contributed by atoms with E-state index >= 15 is 0 Å². The number of rotatable bonds is 7. The quantitative estimate of drug-likeness (QED) is 0.626. The Balaban J connectivity index is 1.90. The maximum atomic E-state index is 11.4. The summed E-state index contributed by atoms with van der Waals surface area (Å²) in [5.74, 6) is -0.132. The number of nitrogens with zero attached hydrogens (tertiary/aromatic N) is 3. The van der Waals surface area contributed by atoms with Crippen LogP contribution in [0.1, 0.15) is 31.9 Å². The number of carbonyl (C=O) groups is 1. The van der Waals surface area contributed by atoms with Gasteiger partial charge in [0.15, 0.2) is 0 Å². The van der Waals surface area contributed by atoms with Gasteiger partial charge in [0, 0.05) is 25.7 Å². The third kappa shape index (κ3) is 4.18. The minimum Gasteiger partial charge on any atom is -0.464 e. The molecule has 0 aliphatic carbocycles. The highest BCUT2D eigenvalue weighted by atomic mass is 16.5. The van der Waals surface area contributed by atoms with Crippen molar-refractivity contribution in [3.63, 3.8) is 0 Å². The third-order valence-electron chi connectivity index (χ3n) is 3.13. The maximum Gasteiger partial charge on any atom is 0.305 e. The molecule has 0 saturated heterocycles. The first-order chi connectivity index (χ1) is 10.1. The second kappa shape index (κ2) is 7.06. The molecule has 2 aromatic heterocycles. The van der Waals surface area contributed by atoms with E-state index in [4.69, 9.17) is 4.74 Å². The Kier molecular flexibility index (Phi) is 5.14. The molecule has 0 amide bonds. The molecule has 1 N–H and O–H groups in total. The fourth-order valence-corrected chi connectivity index (χ4v) is 2.13. The number of pyridine rings is 1. The van der Waals surface area contributed by atoms with Gasteiger partial charge in [0.1, 0.15) is 17.6 Å². The highest BCUT2D eigenvalue weighted by molar-refractivity contribution is 5.87. The van der Waals surface area contributed by atoms with Crippen molar-refractivity contribution in [3.8, 4) is 0 Å². The average molecular weight is 290 g/mol. The number of hydrogen-bond donors (Lipinski definition) is 1. The molecule has 2 aromatic rings. The highest BCUT2D eigenvalue weighted by Gasteiger charge is 2.08. The van der Waals surface area contributed by atoms with Gasteiger partial charge >= 0.3 is 5.97 Å². The van der Waals surface area contributed by atoms with E-state index in [0.717, 1.165) is 35.3 Å². The second-order valence-electron chi connectivity index (χ2n) is 5.10. The summed E-state index contributed by atoms with van der Waals surface area (Å²) >= 11 is 0. The topological polar surface area (TPSA) is 69.0 Å². The van der Waals surface area contributed by atoms with Crippen LogP contribution in [0.15, 0.2) is 12.3 Å². The summed E-state index contributed by atoms with van der Waals surface area (Å²) in [5, 5.41) is 7.65. The Hall–Kier alpha value is -2.11. The molecule has 0 radical (unpaired) electrons. The van der Waals surface area contributed by atoms with Crippen molar-refractivity contribution >= 4 is 22.7 Å². The summed E-state index contributed by atoms with van der Waals surface area (Å²) in [7, 11) is 1.87. The lowest BCUT2D eigenvalue weighted by atomic mass is 10.2. The zero-order chi connectivity index (χ0) is 15.2. The Bertz CT molecular complexity index is 621. The molecule has 2 rings (SSSR count). The van der Waals surface area contributed by atoms with Crippen molar-refractivity contribution in [1.29, 1.82) is 0 Å². The number of fused-ring (bicyclic) bond motifs is 1. The average Bonchev–Trinajstić information content (AvgIpc) is 2.81. The fraction of sp³-hybridized carbons (Fsp3) is 0.533. The number of hydrogen-bond acceptors (Lipinski definition) is 5. The smallest absolute Gasteiger partial charge is 0.305 e. The summed E-state index contributed by atoms with van der Waals surface area (Å²) in [6, 6.07) is 1.95. The van der Waals surface area contributed by atoms with Crippen LogP contribution in [0.2, 0.25) is 0 Å². The summed E-state index contributed by atoms with van der Waals surface area (Å²) < 4.78 is 6.91. The molecule has 0 fully saturated rings. The van der Waals surface area contributed by atoms with Crippen LogP contribution in [0.5, 0.6) is 0 Å². The van der Waals surface area contributed by atoms with E-state index in [1.807, 2.05) is 26.2 Å². The van der Waals surface area contributed by atoms with Gasteiger partial charge in [-0.1, -0.05) is 13.3 Å². The molecule has 114 valence electrons. The van der Waals surface area contributed by atoms with Gasteiger partial charge in [0.25, 0.3) is 0 Å². The number of esters is 1. The molecule has 0 saturated carbocycles. The number of aryl methyl sites for hydroxylation is 2. The van der Waals surface area contributed by atoms with E-state index in [1.165, 1.54) is 0 Å². The van der Waals surface area contributed by atoms with Crippen molar-refractivity contribution in [2.24, 2.45) is 7.05 Å². The van der Waals surface area contributed by atoms with Gasteiger partial charge in [-0.3, -0.25) is 9.48 Å². The zero-order valence-corrected chi connectivity index (χ0v) is 12.8. The van der Waals surface area contributed by atoms with Crippen LogP contribution in [0, 0.1) is 6.92 Å². The Labute approximate surface area is 124 Å². The molecule has 0 bridgehead atoms. The molecule has 21 heavy (non-hydrogen) atoms. The number of unbranched alkanes of at least 4 members (excludes halogenated alkanes) is 1. The molecule has 0 aromatic carbocycles. The van der Waals surface area contributed by atoms with Gasteiger partial charge in [-0.2, -0.15) is 5.10 Å². The van der Waals surface area contributed by atoms with Crippen LogP contribution in [0.4, 0.5) is 5.69 Å². The highest BCUT2D eigenvalue weighted by Crippen LogP contribution is 2.20. The molecule has 6 nitrogen and oxygen atoms in total. The molecular formula is C15H22N4O2. The predicted molar refractivity (Wildman–Crippen MR) is 82.2 cm³/mol. The van der Waals surface area contributed by atoms with Gasteiger partial charge in [0.2, 0.25) is 0 Å². The monoisotopic (exact) mass is 290 g/mol. The van der Waals surface area contributed by atoms with Crippen molar-refractivity contribution in [3.05, 3.63) is 18.0 Å². The Morgan fingerprint density at radius 2 is 2.29 bits per heavy atom. The summed E-state index contributed by atoms with van der Waals surface area (Å²) in [6.45, 7) is 4.92. The minimum absolute atomic E-state index is 0.132. The largest absolute Gasteiger partial charge is 0.464 e. The molecule has 0 atom stereocenters. The number of carbonyl (C=O) groups excluding carboxylic acids is 1. The molecular weight excluding hydrogens is 268 g/mol. The summed E-state index contributed by atoms with van der Waals surface area (Å²) in [6.07, 6.45) is 4.26. The molecule has 2 heterocycles. The SMILES string of the molecule is CCCCC(=O)OCCNc1cc(C)nc2cn(C)nc12. The molecule has 0 aliphatic rings. The van der Waals surface area contributed by atoms with Crippen LogP contribution < -0.4 is 5.32 Å². The van der Waals surface area contributed by atoms with Crippen LogP contribution in [-0.4, -0.2) is 33.9 Å². The first-order valence-corrected chi connectivity index (χ1v) is 7.30. The van der Waals surface area contributed by atoms with Crippen molar-refractivity contribution in [2.75, 3.05) is 18.5 Å². The zero-order valence-electron chi connectivity index (χ0n) is 12.8. The van der Waals surface area contributed by atoms with E-state index in [0.29, 0.717) is 19.6 Å². The normalized spacial score (nSPS) is 10.8. The Morgan fingerprint density at radius 3 is 3.05 bits per heavy atom. The minimum atomic E-state index is -0.132. The van der Waals surface area contributed by atoms with E-state index in [1.54, 1.807) is 4.68 Å². The van der Waals surface area contributed by atoms with Crippen molar-refractivity contribution in [1.82, 2.24) is 14.8 Å². The predicted octanol–water partition coefficient (Wildman–Crippen LogP) is 2.42. The standard InChI is InChI=1S/C15H22N4O2/c1-4-5-6-14(20)21-8-7-16-12-9-11(2)17-13-10-19(3)18-15(12)13/h9-10,16H,4-8H2,1-3H3. The molecule has 0 unspecified atom stereocenters. The first kappa shape index (κ1) is 15.3. The second-order valence-corrected chi connectivity index (χ2v) is 5.10. The summed E-state index contributed by atoms with van der Waals surface area (Å²) in [5.41, 5.74) is 3.54. The molecule has 0 aliphatic heterocycles. The van der Waals surface area contributed by atoms with Gasteiger partial charge in [-0.05, 0) is 19.4 Å². The summed E-state index contributed by atoms with van der Waals surface area (Å²) in [4.78, 5) is 15.8. The molecule has 0 spiro atoms. The van der Waals surface area contributed by atoms with Crippen LogP contribution >= 0.6 is 0 Å². The lowest BCUT2D eigenvalue weighted by molar-refractivity contribution is -0.143. The van der Waals surface area contributed by atoms with E-state index in [9.17, 15) is 4.79 Å². The van der Waals surface area contributed by atoms with Crippen LogP contribution in [0.25, 0.3) is 11.0 Å². The maximum absolute atomic E-state index is 11.4. The van der Waals surface area contributed by atoms with Crippen LogP contribution in [0.3, 0.4) is 0 Å². The van der Waals surface area contributed by atoms with E-state index in [-0.39, 0.29) is 5.97 Å². The number of aromatic nitrogens is 3. The van der Waals surface area contributed by atoms with Gasteiger partial charge in [0.05, 0.1) is 11.9 Å². The lowest BCUT2D eigenvalue weighted by Gasteiger charge is -2.08.